The molecule has 13 heavy (non-hydrogen) atoms. The summed E-state index contributed by atoms with van der Waals surface area (Å²) in [4.78, 5) is 11.2. The first-order valence-corrected chi connectivity index (χ1v) is 5.59. The summed E-state index contributed by atoms with van der Waals surface area (Å²) in [5, 5.41) is -0.542. The second-order valence-electron chi connectivity index (χ2n) is 3.80. The summed E-state index contributed by atoms with van der Waals surface area (Å²) >= 11 is 0. The van der Waals surface area contributed by atoms with Gasteiger partial charge in [-0.1, -0.05) is 0 Å². The van der Waals surface area contributed by atoms with Crippen LogP contribution in [0.2, 0.25) is 0 Å². The first-order chi connectivity index (χ1) is 5.80. The SMILES string of the molecule is CCOC(=O)C(C)S(=O)C(C)(C)C. The lowest BCUT2D eigenvalue weighted by Crippen LogP contribution is -2.35. The molecule has 0 amide bonds. The summed E-state index contributed by atoms with van der Waals surface area (Å²) in [6.45, 7) is 9.25. The molecule has 0 aromatic heterocycles. The Bertz CT molecular complexity index is 205. The Labute approximate surface area is 82.3 Å². The molecule has 0 bridgehead atoms. The van der Waals surface area contributed by atoms with Crippen molar-refractivity contribution >= 4 is 16.8 Å². The molecule has 2 atom stereocenters. The second-order valence-corrected chi connectivity index (χ2v) is 6.33. The first kappa shape index (κ1) is 12.6. The van der Waals surface area contributed by atoms with Crippen LogP contribution in [-0.4, -0.2) is 26.8 Å². The zero-order valence-electron chi connectivity index (χ0n) is 8.92. The molecule has 0 saturated heterocycles. The number of carbonyl (C=O) groups is 1. The zero-order valence-corrected chi connectivity index (χ0v) is 9.73. The van der Waals surface area contributed by atoms with Gasteiger partial charge in [-0.2, -0.15) is 0 Å². The fraction of sp³-hybridized carbons (Fsp3) is 0.889. The number of hydrogen-bond donors (Lipinski definition) is 0. The molecule has 0 rings (SSSR count). The van der Waals surface area contributed by atoms with E-state index in [1.165, 1.54) is 0 Å². The summed E-state index contributed by atoms with van der Waals surface area (Å²) in [6, 6.07) is 0. The minimum absolute atomic E-state index is 0.338. The van der Waals surface area contributed by atoms with Crippen LogP contribution in [0.4, 0.5) is 0 Å². The lowest BCUT2D eigenvalue weighted by molar-refractivity contribution is -0.142. The molecule has 0 aliphatic heterocycles. The number of esters is 1. The van der Waals surface area contributed by atoms with Gasteiger partial charge in [0.25, 0.3) is 0 Å². The second kappa shape index (κ2) is 4.74. The number of rotatable bonds is 3. The Morgan fingerprint density at radius 3 is 2.23 bits per heavy atom. The van der Waals surface area contributed by atoms with Crippen molar-refractivity contribution in [2.45, 2.75) is 44.6 Å². The molecule has 0 aliphatic carbocycles. The van der Waals surface area contributed by atoms with Crippen LogP contribution < -0.4 is 0 Å². The highest BCUT2D eigenvalue weighted by Crippen LogP contribution is 2.16. The number of hydrogen-bond acceptors (Lipinski definition) is 3. The van der Waals surface area contributed by atoms with Gasteiger partial charge in [-0.25, -0.2) is 0 Å². The summed E-state index contributed by atoms with van der Waals surface area (Å²) in [5.41, 5.74) is 0. The van der Waals surface area contributed by atoms with Gasteiger partial charge in [0.05, 0.1) is 6.61 Å². The van der Waals surface area contributed by atoms with Crippen LogP contribution in [-0.2, 0) is 20.3 Å². The predicted octanol–water partition coefficient (Wildman–Crippen LogP) is 1.49. The lowest BCUT2D eigenvalue weighted by atomic mass is 10.3. The highest BCUT2D eigenvalue weighted by atomic mass is 32.2. The third-order valence-corrected chi connectivity index (χ3v) is 3.58. The molecule has 4 heteroatoms. The van der Waals surface area contributed by atoms with Crippen LogP contribution in [0.1, 0.15) is 34.6 Å². The van der Waals surface area contributed by atoms with Crippen molar-refractivity contribution < 1.29 is 13.7 Å². The largest absolute Gasteiger partial charge is 0.465 e. The predicted molar refractivity (Wildman–Crippen MR) is 54.0 cm³/mol. The van der Waals surface area contributed by atoms with Gasteiger partial charge < -0.3 is 4.74 Å². The van der Waals surface area contributed by atoms with Gasteiger partial charge in [-0.05, 0) is 34.6 Å². The number of carbonyl (C=O) groups excluding carboxylic acids is 1. The van der Waals surface area contributed by atoms with Crippen molar-refractivity contribution in [1.82, 2.24) is 0 Å². The van der Waals surface area contributed by atoms with Crippen LogP contribution in [0.25, 0.3) is 0 Å². The van der Waals surface area contributed by atoms with E-state index >= 15 is 0 Å². The number of ether oxygens (including phenoxy) is 1. The quantitative estimate of drug-likeness (QED) is 0.657. The molecule has 78 valence electrons. The minimum atomic E-state index is -1.19. The van der Waals surface area contributed by atoms with Gasteiger partial charge in [0, 0.05) is 15.5 Å². The van der Waals surface area contributed by atoms with E-state index in [0.29, 0.717) is 6.61 Å². The van der Waals surface area contributed by atoms with Gasteiger partial charge in [0.1, 0.15) is 5.25 Å². The standard InChI is InChI=1S/C9H18O3S/c1-6-12-8(10)7(2)13(11)9(3,4)5/h7H,6H2,1-5H3. The topological polar surface area (TPSA) is 43.4 Å². The van der Waals surface area contributed by atoms with E-state index in [4.69, 9.17) is 4.74 Å². The molecule has 3 nitrogen and oxygen atoms in total. The van der Waals surface area contributed by atoms with E-state index in [1.54, 1.807) is 13.8 Å². The average Bonchev–Trinajstić information content (AvgIpc) is 2.00. The summed E-state index contributed by atoms with van der Waals surface area (Å²) in [7, 11) is -1.19. The molecule has 0 aliphatic rings. The average molecular weight is 206 g/mol. The van der Waals surface area contributed by atoms with E-state index in [1.807, 2.05) is 20.8 Å². The third-order valence-electron chi connectivity index (χ3n) is 1.54. The maximum Gasteiger partial charge on any atom is 0.321 e. The van der Waals surface area contributed by atoms with Crippen molar-refractivity contribution in [3.05, 3.63) is 0 Å². The lowest BCUT2D eigenvalue weighted by Gasteiger charge is -2.21. The van der Waals surface area contributed by atoms with E-state index in [0.717, 1.165) is 0 Å². The van der Waals surface area contributed by atoms with E-state index in [9.17, 15) is 9.00 Å². The summed E-state index contributed by atoms with van der Waals surface area (Å²) < 4.78 is 16.1. The van der Waals surface area contributed by atoms with Crippen LogP contribution in [0, 0.1) is 0 Å². The van der Waals surface area contributed by atoms with Gasteiger partial charge in [-0.15, -0.1) is 0 Å². The molecule has 0 fully saturated rings. The van der Waals surface area contributed by atoms with Crippen LogP contribution in [0.5, 0.6) is 0 Å². The third kappa shape index (κ3) is 3.89. The molecule has 0 radical (unpaired) electrons. The highest BCUT2D eigenvalue weighted by Gasteiger charge is 2.30. The Kier molecular flexibility index (Phi) is 4.61. The highest BCUT2D eigenvalue weighted by molar-refractivity contribution is 7.87. The van der Waals surface area contributed by atoms with Gasteiger partial charge in [0.2, 0.25) is 0 Å². The maximum absolute atomic E-state index is 11.7. The molecule has 0 aromatic rings. The Morgan fingerprint density at radius 1 is 1.46 bits per heavy atom. The molecular weight excluding hydrogens is 188 g/mol. The molecule has 0 heterocycles. The summed E-state index contributed by atoms with van der Waals surface area (Å²) in [5.74, 6) is -0.379. The van der Waals surface area contributed by atoms with Crippen LogP contribution in [0.3, 0.4) is 0 Å². The van der Waals surface area contributed by atoms with Crippen molar-refractivity contribution in [3.8, 4) is 0 Å². The molecule has 0 saturated carbocycles. The van der Waals surface area contributed by atoms with E-state index in [-0.39, 0.29) is 10.7 Å². The maximum atomic E-state index is 11.7. The summed E-state index contributed by atoms with van der Waals surface area (Å²) in [6.07, 6.45) is 0. The fourth-order valence-electron chi connectivity index (χ4n) is 0.877. The van der Waals surface area contributed by atoms with Crippen molar-refractivity contribution in [2.24, 2.45) is 0 Å². The Morgan fingerprint density at radius 2 is 1.92 bits per heavy atom. The molecular formula is C9H18O3S. The minimum Gasteiger partial charge on any atom is -0.465 e. The molecule has 2 unspecified atom stereocenters. The van der Waals surface area contributed by atoms with Crippen molar-refractivity contribution in [1.29, 1.82) is 0 Å². The molecule has 0 N–H and O–H groups in total. The first-order valence-electron chi connectivity index (χ1n) is 4.38. The van der Waals surface area contributed by atoms with Gasteiger partial charge in [0.15, 0.2) is 0 Å². The zero-order chi connectivity index (χ0) is 10.6. The fourth-order valence-corrected chi connectivity index (χ4v) is 2.18. The van der Waals surface area contributed by atoms with Crippen LogP contribution in [0.15, 0.2) is 0 Å². The van der Waals surface area contributed by atoms with E-state index < -0.39 is 16.0 Å². The van der Waals surface area contributed by atoms with Gasteiger partial charge >= 0.3 is 5.97 Å². The monoisotopic (exact) mass is 206 g/mol. The Hall–Kier alpha value is -0.380. The molecule has 0 aromatic carbocycles. The van der Waals surface area contributed by atoms with E-state index in [2.05, 4.69) is 0 Å². The smallest absolute Gasteiger partial charge is 0.321 e. The normalized spacial score (nSPS) is 16.4. The van der Waals surface area contributed by atoms with Crippen LogP contribution >= 0.6 is 0 Å². The van der Waals surface area contributed by atoms with Crippen molar-refractivity contribution in [3.63, 3.8) is 0 Å². The van der Waals surface area contributed by atoms with Gasteiger partial charge in [-0.3, -0.25) is 9.00 Å². The molecule has 0 spiro atoms. The van der Waals surface area contributed by atoms with Crippen molar-refractivity contribution in [2.75, 3.05) is 6.61 Å². The Balaban J connectivity index is 4.35.